The third-order valence-corrected chi connectivity index (χ3v) is 6.13. The summed E-state index contributed by atoms with van der Waals surface area (Å²) in [5.41, 5.74) is 0.464. The Balaban J connectivity index is 1.45. The first kappa shape index (κ1) is 26.5. The second kappa shape index (κ2) is 12.1. The highest BCUT2D eigenvalue weighted by Crippen LogP contribution is 2.36. The van der Waals surface area contributed by atoms with Gasteiger partial charge >= 0.3 is 0 Å². The van der Waals surface area contributed by atoms with Crippen LogP contribution in [0.25, 0.3) is 6.08 Å². The van der Waals surface area contributed by atoms with E-state index >= 15 is 0 Å². The zero-order valence-corrected chi connectivity index (χ0v) is 21.3. The first-order chi connectivity index (χ1) is 18.4. The van der Waals surface area contributed by atoms with Crippen molar-refractivity contribution >= 4 is 34.7 Å². The van der Waals surface area contributed by atoms with Crippen LogP contribution in [0.15, 0.2) is 65.7 Å². The molecule has 0 radical (unpaired) electrons. The lowest BCUT2D eigenvalue weighted by Crippen LogP contribution is -2.32. The SMILES string of the molecule is CCOc1cc(/C=C2\SC(=O)N(CCOc3ccccc3OC)C2=O)ccc1Oc1ccc([N+](=O)[O-])cn1. The van der Waals surface area contributed by atoms with Crippen LogP contribution in [0, 0.1) is 10.1 Å². The van der Waals surface area contributed by atoms with Gasteiger partial charge in [-0.2, -0.15) is 0 Å². The minimum absolute atomic E-state index is 0.0826. The van der Waals surface area contributed by atoms with Gasteiger partial charge in [0.1, 0.15) is 12.8 Å². The van der Waals surface area contributed by atoms with Crippen molar-refractivity contribution in [2.75, 3.05) is 26.9 Å². The van der Waals surface area contributed by atoms with Crippen LogP contribution in [0.4, 0.5) is 10.5 Å². The molecule has 3 aromatic rings. The number of benzene rings is 2. The Kier molecular flexibility index (Phi) is 8.44. The number of thioether (sulfide) groups is 1. The van der Waals surface area contributed by atoms with E-state index in [0.29, 0.717) is 35.2 Å². The summed E-state index contributed by atoms with van der Waals surface area (Å²) in [6.45, 7) is 2.34. The Morgan fingerprint density at radius 1 is 1.03 bits per heavy atom. The van der Waals surface area contributed by atoms with Crippen molar-refractivity contribution in [3.63, 3.8) is 0 Å². The summed E-state index contributed by atoms with van der Waals surface area (Å²) in [6.07, 6.45) is 2.70. The number of amides is 2. The first-order valence-corrected chi connectivity index (χ1v) is 12.3. The van der Waals surface area contributed by atoms with Crippen molar-refractivity contribution in [3.05, 3.63) is 81.4 Å². The van der Waals surface area contributed by atoms with Gasteiger partial charge in [0.25, 0.3) is 16.8 Å². The third-order valence-electron chi connectivity index (χ3n) is 5.23. The third kappa shape index (κ3) is 6.21. The van der Waals surface area contributed by atoms with Crippen molar-refractivity contribution in [1.29, 1.82) is 0 Å². The van der Waals surface area contributed by atoms with Gasteiger partial charge < -0.3 is 18.9 Å². The van der Waals surface area contributed by atoms with Crippen molar-refractivity contribution in [3.8, 4) is 28.9 Å². The van der Waals surface area contributed by atoms with E-state index in [1.54, 1.807) is 49.4 Å². The summed E-state index contributed by atoms with van der Waals surface area (Å²) in [6, 6.07) is 14.8. The maximum Gasteiger partial charge on any atom is 0.293 e. The van der Waals surface area contributed by atoms with Crippen LogP contribution in [-0.4, -0.2) is 52.8 Å². The largest absolute Gasteiger partial charge is 0.493 e. The number of carbonyl (C=O) groups is 2. The van der Waals surface area contributed by atoms with Crippen molar-refractivity contribution in [2.45, 2.75) is 6.92 Å². The molecule has 12 heteroatoms. The number of carbonyl (C=O) groups excluding carboxylic acids is 2. The second-order valence-electron chi connectivity index (χ2n) is 7.69. The highest BCUT2D eigenvalue weighted by molar-refractivity contribution is 8.18. The zero-order valence-electron chi connectivity index (χ0n) is 20.5. The number of pyridine rings is 1. The molecule has 0 atom stereocenters. The molecule has 1 fully saturated rings. The molecule has 0 spiro atoms. The minimum Gasteiger partial charge on any atom is -0.493 e. The van der Waals surface area contributed by atoms with Crippen molar-refractivity contribution in [2.24, 2.45) is 0 Å². The predicted octanol–water partition coefficient (Wildman–Crippen LogP) is 5.30. The number of para-hydroxylation sites is 2. The number of rotatable bonds is 11. The van der Waals surface area contributed by atoms with E-state index in [-0.39, 0.29) is 34.9 Å². The average Bonchev–Trinajstić information content (AvgIpc) is 3.18. The van der Waals surface area contributed by atoms with E-state index in [1.807, 2.05) is 6.07 Å². The van der Waals surface area contributed by atoms with Crippen LogP contribution in [0.2, 0.25) is 0 Å². The van der Waals surface area contributed by atoms with Crippen LogP contribution >= 0.6 is 11.8 Å². The molecule has 196 valence electrons. The molecule has 4 rings (SSSR count). The quantitative estimate of drug-likeness (QED) is 0.180. The van der Waals surface area contributed by atoms with Crippen LogP contribution in [0.1, 0.15) is 12.5 Å². The van der Waals surface area contributed by atoms with Gasteiger partial charge in [0, 0.05) is 12.1 Å². The molecule has 2 heterocycles. The van der Waals surface area contributed by atoms with Gasteiger partial charge in [-0.15, -0.1) is 0 Å². The smallest absolute Gasteiger partial charge is 0.293 e. The lowest BCUT2D eigenvalue weighted by atomic mass is 10.2. The van der Waals surface area contributed by atoms with E-state index in [9.17, 15) is 19.7 Å². The Bertz CT molecular complexity index is 1380. The van der Waals surface area contributed by atoms with E-state index in [2.05, 4.69) is 4.98 Å². The summed E-state index contributed by atoms with van der Waals surface area (Å²) >= 11 is 0.841. The molecule has 0 bridgehead atoms. The van der Waals surface area contributed by atoms with E-state index in [0.717, 1.165) is 22.9 Å². The number of hydrogen-bond acceptors (Lipinski definition) is 10. The van der Waals surface area contributed by atoms with E-state index < -0.39 is 10.8 Å². The fraction of sp³-hybridized carbons (Fsp3) is 0.192. The molecule has 0 unspecified atom stereocenters. The fourth-order valence-electron chi connectivity index (χ4n) is 3.45. The first-order valence-electron chi connectivity index (χ1n) is 11.5. The molecular formula is C26H23N3O8S. The summed E-state index contributed by atoms with van der Waals surface area (Å²) in [5.74, 6) is 1.53. The monoisotopic (exact) mass is 537 g/mol. The highest BCUT2D eigenvalue weighted by Gasteiger charge is 2.35. The van der Waals surface area contributed by atoms with Gasteiger partial charge in [-0.1, -0.05) is 18.2 Å². The normalized spacial score (nSPS) is 14.1. The number of nitro groups is 1. The molecule has 0 aliphatic carbocycles. The molecule has 1 aliphatic heterocycles. The molecule has 1 aromatic heterocycles. The zero-order chi connectivity index (χ0) is 27.1. The number of methoxy groups -OCH3 is 1. The minimum atomic E-state index is -0.549. The number of imide groups is 1. The fourth-order valence-corrected chi connectivity index (χ4v) is 4.31. The van der Waals surface area contributed by atoms with E-state index in [1.165, 1.54) is 19.2 Å². The summed E-state index contributed by atoms with van der Waals surface area (Å²) in [4.78, 5) is 41.0. The predicted molar refractivity (Wildman–Crippen MR) is 140 cm³/mol. The standard InChI is InChI=1S/C26H23N3O8S/c1-3-35-22-14-17(8-10-21(22)37-24-11-9-18(16-27-24)29(32)33)15-23-25(30)28(26(31)38-23)12-13-36-20-7-5-4-6-19(20)34-2/h4-11,14-16H,3,12-13H2,1-2H3/b23-15-. The number of ether oxygens (including phenoxy) is 4. The Hall–Kier alpha value is -4.58. The van der Waals surface area contributed by atoms with Gasteiger partial charge in [-0.05, 0) is 54.6 Å². The van der Waals surface area contributed by atoms with Gasteiger partial charge in [-0.3, -0.25) is 24.6 Å². The number of aromatic nitrogens is 1. The summed E-state index contributed by atoms with van der Waals surface area (Å²) < 4.78 is 22.3. The van der Waals surface area contributed by atoms with Crippen LogP contribution in [0.5, 0.6) is 28.9 Å². The Morgan fingerprint density at radius 2 is 1.82 bits per heavy atom. The van der Waals surface area contributed by atoms with Crippen LogP contribution in [-0.2, 0) is 4.79 Å². The maximum atomic E-state index is 12.9. The maximum absolute atomic E-state index is 12.9. The molecule has 38 heavy (non-hydrogen) atoms. The number of nitrogens with zero attached hydrogens (tertiary/aromatic N) is 3. The van der Waals surface area contributed by atoms with Gasteiger partial charge in [0.05, 0.1) is 30.1 Å². The molecule has 0 N–H and O–H groups in total. The number of hydrogen-bond donors (Lipinski definition) is 0. The van der Waals surface area contributed by atoms with Crippen LogP contribution < -0.4 is 18.9 Å². The topological polar surface area (TPSA) is 130 Å². The summed E-state index contributed by atoms with van der Waals surface area (Å²) in [7, 11) is 1.53. The molecule has 2 amide bonds. The molecule has 0 saturated carbocycles. The Labute approximate surface area is 222 Å². The molecule has 1 aliphatic rings. The molecule has 2 aromatic carbocycles. The molecular weight excluding hydrogens is 514 g/mol. The average molecular weight is 538 g/mol. The summed E-state index contributed by atoms with van der Waals surface area (Å²) in [5, 5.41) is 10.4. The van der Waals surface area contributed by atoms with Crippen molar-refractivity contribution in [1.82, 2.24) is 9.88 Å². The lowest BCUT2D eigenvalue weighted by Gasteiger charge is -2.14. The second-order valence-corrected chi connectivity index (χ2v) is 8.68. The van der Waals surface area contributed by atoms with Gasteiger partial charge in [0.2, 0.25) is 5.88 Å². The Morgan fingerprint density at radius 3 is 2.50 bits per heavy atom. The molecule has 1 saturated heterocycles. The van der Waals surface area contributed by atoms with Gasteiger partial charge in [0.15, 0.2) is 23.0 Å². The highest BCUT2D eigenvalue weighted by atomic mass is 32.2. The van der Waals surface area contributed by atoms with Gasteiger partial charge in [-0.25, -0.2) is 4.98 Å². The van der Waals surface area contributed by atoms with E-state index in [4.69, 9.17) is 18.9 Å². The molecule has 11 nitrogen and oxygen atoms in total. The van der Waals surface area contributed by atoms with Crippen molar-refractivity contribution < 1.29 is 33.5 Å². The van der Waals surface area contributed by atoms with Crippen LogP contribution in [0.3, 0.4) is 0 Å². The lowest BCUT2D eigenvalue weighted by molar-refractivity contribution is -0.385.